The third-order valence-electron chi connectivity index (χ3n) is 2.60. The minimum atomic E-state index is -4.71. The van der Waals surface area contributed by atoms with Gasteiger partial charge in [0, 0.05) is 25.2 Å². The summed E-state index contributed by atoms with van der Waals surface area (Å²) in [6.07, 6.45) is -6.99. The van der Waals surface area contributed by atoms with E-state index in [-0.39, 0.29) is 18.9 Å². The lowest BCUT2D eigenvalue weighted by Crippen LogP contribution is -2.28. The first-order valence-corrected chi connectivity index (χ1v) is 5.86. The molecule has 0 saturated carbocycles. The molecule has 0 saturated heterocycles. The highest BCUT2D eigenvalue weighted by Crippen LogP contribution is 2.34. The van der Waals surface area contributed by atoms with Crippen molar-refractivity contribution in [3.05, 3.63) is 29.6 Å². The van der Waals surface area contributed by atoms with Crippen molar-refractivity contribution in [2.75, 3.05) is 6.54 Å². The molecule has 0 aliphatic heterocycles. The number of halogens is 3. The summed E-state index contributed by atoms with van der Waals surface area (Å²) in [6.45, 7) is 1.32. The molecule has 1 aromatic rings. The average molecular weight is 292 g/mol. The van der Waals surface area contributed by atoms with Crippen LogP contribution in [-0.2, 0) is 11.0 Å². The highest BCUT2D eigenvalue weighted by atomic mass is 19.4. The standard InChI is InChI=1S/C12H15F3N2O3/c1-7(18)16-6-4-9(19)10(20)8-3-2-5-17-11(8)12(13,14)15/h2-3,5,9-10,19-20H,4,6H2,1H3,(H,16,18). The van der Waals surface area contributed by atoms with Gasteiger partial charge in [-0.05, 0) is 12.5 Å². The van der Waals surface area contributed by atoms with E-state index in [0.29, 0.717) is 0 Å². The Morgan fingerprint density at radius 1 is 1.45 bits per heavy atom. The van der Waals surface area contributed by atoms with Gasteiger partial charge in [-0.25, -0.2) is 0 Å². The van der Waals surface area contributed by atoms with Crippen LogP contribution in [0.25, 0.3) is 0 Å². The molecule has 0 fully saturated rings. The minimum absolute atomic E-state index is 0.0508. The molecule has 112 valence electrons. The molecule has 0 radical (unpaired) electrons. The Labute approximate surface area is 113 Å². The number of carbonyl (C=O) groups excluding carboxylic acids is 1. The van der Waals surface area contributed by atoms with E-state index >= 15 is 0 Å². The molecule has 0 aliphatic carbocycles. The zero-order valence-electron chi connectivity index (χ0n) is 10.7. The minimum Gasteiger partial charge on any atom is -0.390 e. The molecule has 3 N–H and O–H groups in total. The fraction of sp³-hybridized carbons (Fsp3) is 0.500. The van der Waals surface area contributed by atoms with Crippen molar-refractivity contribution in [1.82, 2.24) is 10.3 Å². The number of carbonyl (C=O) groups is 1. The molecule has 2 unspecified atom stereocenters. The van der Waals surface area contributed by atoms with Crippen molar-refractivity contribution in [2.45, 2.75) is 31.7 Å². The molecule has 0 spiro atoms. The average Bonchev–Trinajstić information content (AvgIpc) is 2.36. The predicted molar refractivity (Wildman–Crippen MR) is 63.5 cm³/mol. The fourth-order valence-electron chi connectivity index (χ4n) is 1.65. The lowest BCUT2D eigenvalue weighted by Gasteiger charge is -2.21. The van der Waals surface area contributed by atoms with Gasteiger partial charge < -0.3 is 15.5 Å². The van der Waals surface area contributed by atoms with E-state index in [2.05, 4.69) is 10.3 Å². The van der Waals surface area contributed by atoms with E-state index in [1.165, 1.54) is 13.0 Å². The highest BCUT2D eigenvalue weighted by molar-refractivity contribution is 5.72. The second-order valence-electron chi connectivity index (χ2n) is 4.22. The van der Waals surface area contributed by atoms with E-state index in [1.54, 1.807) is 0 Å². The van der Waals surface area contributed by atoms with Crippen molar-refractivity contribution in [3.8, 4) is 0 Å². The van der Waals surface area contributed by atoms with Gasteiger partial charge in [-0.1, -0.05) is 6.07 Å². The highest BCUT2D eigenvalue weighted by Gasteiger charge is 2.37. The van der Waals surface area contributed by atoms with Crippen LogP contribution in [-0.4, -0.2) is 33.8 Å². The molecule has 1 aromatic heterocycles. The number of aliphatic hydroxyl groups is 2. The van der Waals surface area contributed by atoms with E-state index < -0.39 is 29.6 Å². The number of hydrogen-bond donors (Lipinski definition) is 3. The molecule has 20 heavy (non-hydrogen) atoms. The summed E-state index contributed by atoms with van der Waals surface area (Å²) in [5.74, 6) is -0.330. The number of nitrogens with zero attached hydrogens (tertiary/aromatic N) is 1. The summed E-state index contributed by atoms with van der Waals surface area (Å²) in [5.41, 5.74) is -1.72. The summed E-state index contributed by atoms with van der Waals surface area (Å²) in [4.78, 5) is 13.8. The Bertz CT molecular complexity index is 466. The van der Waals surface area contributed by atoms with Gasteiger partial charge in [0.2, 0.25) is 5.91 Å². The summed E-state index contributed by atoms with van der Waals surface area (Å²) in [6, 6.07) is 2.30. The molecule has 1 rings (SSSR count). The van der Waals surface area contributed by atoms with Gasteiger partial charge in [-0.2, -0.15) is 13.2 Å². The summed E-state index contributed by atoms with van der Waals surface area (Å²) in [5, 5.41) is 21.9. The van der Waals surface area contributed by atoms with Gasteiger partial charge >= 0.3 is 6.18 Å². The lowest BCUT2D eigenvalue weighted by molar-refractivity contribution is -0.143. The molecule has 1 heterocycles. The maximum Gasteiger partial charge on any atom is 0.433 e. The number of aromatic nitrogens is 1. The zero-order chi connectivity index (χ0) is 15.3. The lowest BCUT2D eigenvalue weighted by atomic mass is 10.0. The third kappa shape index (κ3) is 4.46. The normalized spacial score (nSPS) is 14.7. The first-order valence-electron chi connectivity index (χ1n) is 5.86. The smallest absolute Gasteiger partial charge is 0.390 e. The molecule has 1 amide bonds. The molecule has 2 atom stereocenters. The number of rotatable bonds is 5. The molecule has 0 aliphatic rings. The Kier molecular flexibility index (Phi) is 5.46. The number of alkyl halides is 3. The maximum atomic E-state index is 12.7. The first-order chi connectivity index (χ1) is 9.23. The maximum absolute atomic E-state index is 12.7. The summed E-state index contributed by atoms with van der Waals surface area (Å²) < 4.78 is 38.2. The van der Waals surface area contributed by atoms with Crippen LogP contribution in [0.4, 0.5) is 13.2 Å². The summed E-state index contributed by atoms with van der Waals surface area (Å²) in [7, 11) is 0. The number of aliphatic hydroxyl groups excluding tert-OH is 2. The van der Waals surface area contributed by atoms with Crippen LogP contribution in [0, 0.1) is 0 Å². The number of pyridine rings is 1. The molecule has 0 bridgehead atoms. The molecular formula is C12H15F3N2O3. The first kappa shape index (κ1) is 16.4. The van der Waals surface area contributed by atoms with Crippen LogP contribution < -0.4 is 5.32 Å². The fourth-order valence-corrected chi connectivity index (χ4v) is 1.65. The molecule has 0 aromatic carbocycles. The molecular weight excluding hydrogens is 277 g/mol. The second-order valence-corrected chi connectivity index (χ2v) is 4.22. The van der Waals surface area contributed by atoms with Gasteiger partial charge in [-0.3, -0.25) is 9.78 Å². The van der Waals surface area contributed by atoms with Crippen molar-refractivity contribution in [2.24, 2.45) is 0 Å². The quantitative estimate of drug-likeness (QED) is 0.757. The monoisotopic (exact) mass is 292 g/mol. The van der Waals surface area contributed by atoms with Gasteiger partial charge in [-0.15, -0.1) is 0 Å². The van der Waals surface area contributed by atoms with Crippen LogP contribution in [0.1, 0.15) is 30.7 Å². The zero-order valence-corrected chi connectivity index (χ0v) is 10.7. The third-order valence-corrected chi connectivity index (χ3v) is 2.60. The SMILES string of the molecule is CC(=O)NCCC(O)C(O)c1cccnc1C(F)(F)F. The summed E-state index contributed by atoms with van der Waals surface area (Å²) >= 11 is 0. The number of nitrogens with one attached hydrogen (secondary N) is 1. The van der Waals surface area contributed by atoms with Gasteiger partial charge in [0.05, 0.1) is 6.10 Å². The second kappa shape index (κ2) is 6.67. The number of hydrogen-bond acceptors (Lipinski definition) is 4. The Hall–Kier alpha value is -1.67. The Balaban J connectivity index is 2.81. The van der Waals surface area contributed by atoms with Crippen LogP contribution in [0.3, 0.4) is 0 Å². The Morgan fingerprint density at radius 3 is 2.65 bits per heavy atom. The van der Waals surface area contributed by atoms with Crippen LogP contribution in [0.15, 0.2) is 18.3 Å². The topological polar surface area (TPSA) is 82.5 Å². The van der Waals surface area contributed by atoms with E-state index in [1.807, 2.05) is 0 Å². The van der Waals surface area contributed by atoms with Crippen molar-refractivity contribution in [3.63, 3.8) is 0 Å². The van der Waals surface area contributed by atoms with E-state index in [4.69, 9.17) is 0 Å². The van der Waals surface area contributed by atoms with Crippen molar-refractivity contribution < 1.29 is 28.2 Å². The molecule has 5 nitrogen and oxygen atoms in total. The van der Waals surface area contributed by atoms with Crippen molar-refractivity contribution >= 4 is 5.91 Å². The van der Waals surface area contributed by atoms with Crippen LogP contribution in [0.5, 0.6) is 0 Å². The predicted octanol–water partition coefficient (Wildman–Crippen LogP) is 1.02. The van der Waals surface area contributed by atoms with E-state index in [9.17, 15) is 28.2 Å². The number of amides is 1. The van der Waals surface area contributed by atoms with Gasteiger partial charge in [0.1, 0.15) is 11.8 Å². The van der Waals surface area contributed by atoms with Gasteiger partial charge in [0.15, 0.2) is 0 Å². The Morgan fingerprint density at radius 2 is 2.10 bits per heavy atom. The van der Waals surface area contributed by atoms with Crippen LogP contribution >= 0.6 is 0 Å². The van der Waals surface area contributed by atoms with Gasteiger partial charge in [0.25, 0.3) is 0 Å². The van der Waals surface area contributed by atoms with Crippen molar-refractivity contribution in [1.29, 1.82) is 0 Å². The largest absolute Gasteiger partial charge is 0.433 e. The van der Waals surface area contributed by atoms with Crippen LogP contribution in [0.2, 0.25) is 0 Å². The van der Waals surface area contributed by atoms with E-state index in [0.717, 1.165) is 12.3 Å². The molecule has 8 heteroatoms.